The Morgan fingerprint density at radius 2 is 1.69 bits per heavy atom. The lowest BCUT2D eigenvalue weighted by atomic mass is 9.94. The number of methoxy groups -OCH3 is 1. The zero-order chi connectivity index (χ0) is 22.8. The maximum absolute atomic E-state index is 13.1. The minimum absolute atomic E-state index is 0. The van der Waals surface area contributed by atoms with E-state index < -0.39 is 15.4 Å². The van der Waals surface area contributed by atoms with E-state index in [9.17, 15) is 13.2 Å². The summed E-state index contributed by atoms with van der Waals surface area (Å²) in [5.41, 5.74) is 4.11. The SMILES string of the molecule is COc1ccc(C2(C(=O)Nc3cccc(-c4ccc(CNS(C)(=O)=O)cc4)c3)CC2)cc1.[HH]. The van der Waals surface area contributed by atoms with Crippen LogP contribution in [0.3, 0.4) is 0 Å². The van der Waals surface area contributed by atoms with Gasteiger partial charge in [0.2, 0.25) is 15.9 Å². The molecule has 7 heteroatoms. The first-order chi connectivity index (χ1) is 15.3. The Hall–Kier alpha value is -3.16. The lowest BCUT2D eigenvalue weighted by molar-refractivity contribution is -0.118. The topological polar surface area (TPSA) is 84.5 Å². The van der Waals surface area contributed by atoms with Crippen molar-refractivity contribution in [1.82, 2.24) is 4.72 Å². The molecule has 4 rings (SSSR count). The summed E-state index contributed by atoms with van der Waals surface area (Å²) in [6.45, 7) is 0.253. The van der Waals surface area contributed by atoms with Crippen LogP contribution in [0.5, 0.6) is 5.75 Å². The van der Waals surface area contributed by atoms with Crippen LogP contribution in [0.15, 0.2) is 72.8 Å². The number of carbonyl (C=O) groups excluding carboxylic acids is 1. The van der Waals surface area contributed by atoms with E-state index >= 15 is 0 Å². The highest BCUT2D eigenvalue weighted by Crippen LogP contribution is 2.49. The largest absolute Gasteiger partial charge is 0.497 e. The number of rotatable bonds is 8. The third kappa shape index (κ3) is 5.00. The number of carbonyl (C=O) groups is 1. The molecule has 0 atom stereocenters. The molecule has 1 fully saturated rings. The van der Waals surface area contributed by atoms with Gasteiger partial charge in [-0.2, -0.15) is 0 Å². The molecule has 0 spiro atoms. The summed E-state index contributed by atoms with van der Waals surface area (Å²) >= 11 is 0. The molecule has 0 aromatic heterocycles. The molecule has 0 aliphatic heterocycles. The highest BCUT2D eigenvalue weighted by atomic mass is 32.2. The van der Waals surface area contributed by atoms with Crippen molar-refractivity contribution in [2.24, 2.45) is 0 Å². The Labute approximate surface area is 190 Å². The first-order valence-corrected chi connectivity index (χ1v) is 12.3. The van der Waals surface area contributed by atoms with Crippen LogP contribution >= 0.6 is 0 Å². The molecule has 0 bridgehead atoms. The van der Waals surface area contributed by atoms with Gasteiger partial charge in [-0.1, -0.05) is 48.5 Å². The smallest absolute Gasteiger partial charge is 0.235 e. The number of amides is 1. The number of ether oxygens (including phenoxy) is 1. The molecule has 1 saturated carbocycles. The van der Waals surface area contributed by atoms with Gasteiger partial charge in [-0.05, 0) is 59.4 Å². The van der Waals surface area contributed by atoms with Crippen molar-refractivity contribution in [3.8, 4) is 16.9 Å². The first kappa shape index (κ1) is 22.0. The number of sulfonamides is 1. The van der Waals surface area contributed by atoms with E-state index in [0.29, 0.717) is 0 Å². The molecule has 2 N–H and O–H groups in total. The molecule has 0 unspecified atom stereocenters. The van der Waals surface area contributed by atoms with Crippen LogP contribution in [0.2, 0.25) is 0 Å². The molecule has 1 aliphatic rings. The molecular weight excluding hydrogens is 424 g/mol. The second kappa shape index (κ2) is 8.76. The summed E-state index contributed by atoms with van der Waals surface area (Å²) in [7, 11) is -1.60. The normalized spacial score (nSPS) is 14.6. The second-order valence-electron chi connectivity index (χ2n) is 8.14. The number of benzene rings is 3. The molecule has 0 heterocycles. The molecule has 0 radical (unpaired) electrons. The molecule has 32 heavy (non-hydrogen) atoms. The van der Waals surface area contributed by atoms with Crippen molar-refractivity contribution in [2.45, 2.75) is 24.8 Å². The summed E-state index contributed by atoms with van der Waals surface area (Å²) in [5.74, 6) is 0.776. The fraction of sp³-hybridized carbons (Fsp3) is 0.240. The maximum Gasteiger partial charge on any atom is 0.235 e. The molecule has 1 aliphatic carbocycles. The zero-order valence-corrected chi connectivity index (χ0v) is 18.9. The Morgan fingerprint density at radius 1 is 1.00 bits per heavy atom. The van der Waals surface area contributed by atoms with Gasteiger partial charge in [-0.25, -0.2) is 13.1 Å². The number of nitrogens with one attached hydrogen (secondary N) is 2. The van der Waals surface area contributed by atoms with Gasteiger partial charge in [0.15, 0.2) is 0 Å². The summed E-state index contributed by atoms with van der Waals surface area (Å²) in [6.07, 6.45) is 2.79. The van der Waals surface area contributed by atoms with Crippen molar-refractivity contribution >= 4 is 21.6 Å². The van der Waals surface area contributed by atoms with Crippen LogP contribution in [-0.4, -0.2) is 27.7 Å². The van der Waals surface area contributed by atoms with E-state index in [-0.39, 0.29) is 13.9 Å². The Morgan fingerprint density at radius 3 is 2.28 bits per heavy atom. The third-order valence-corrected chi connectivity index (χ3v) is 6.44. The average molecular weight is 453 g/mol. The van der Waals surface area contributed by atoms with Crippen LogP contribution < -0.4 is 14.8 Å². The van der Waals surface area contributed by atoms with Gasteiger partial charge in [-0.15, -0.1) is 0 Å². The number of anilines is 1. The van der Waals surface area contributed by atoms with Crippen molar-refractivity contribution in [2.75, 3.05) is 18.7 Å². The van der Waals surface area contributed by atoms with Gasteiger partial charge in [-0.3, -0.25) is 4.79 Å². The minimum Gasteiger partial charge on any atom is -0.497 e. The van der Waals surface area contributed by atoms with E-state index in [1.165, 1.54) is 0 Å². The lowest BCUT2D eigenvalue weighted by Crippen LogP contribution is -2.27. The van der Waals surface area contributed by atoms with Crippen molar-refractivity contribution in [3.63, 3.8) is 0 Å². The van der Waals surface area contributed by atoms with E-state index in [2.05, 4.69) is 10.0 Å². The van der Waals surface area contributed by atoms with Crippen LogP contribution in [0.25, 0.3) is 11.1 Å². The molecule has 3 aromatic carbocycles. The fourth-order valence-corrected chi connectivity index (χ4v) is 4.17. The van der Waals surface area contributed by atoms with Gasteiger partial charge in [0.25, 0.3) is 0 Å². The summed E-state index contributed by atoms with van der Waals surface area (Å²) < 4.78 is 30.2. The Bertz CT molecular complexity index is 1220. The van der Waals surface area contributed by atoms with Gasteiger partial charge in [0.1, 0.15) is 5.75 Å². The van der Waals surface area contributed by atoms with Crippen LogP contribution in [-0.2, 0) is 26.8 Å². The number of hydrogen-bond acceptors (Lipinski definition) is 4. The summed E-state index contributed by atoms with van der Waals surface area (Å²) in [6, 6.07) is 23.1. The van der Waals surface area contributed by atoms with E-state index in [4.69, 9.17) is 4.74 Å². The summed E-state index contributed by atoms with van der Waals surface area (Å²) in [4.78, 5) is 13.1. The highest BCUT2D eigenvalue weighted by Gasteiger charge is 2.51. The molecule has 1 amide bonds. The van der Waals surface area contributed by atoms with Gasteiger partial charge < -0.3 is 10.1 Å². The van der Waals surface area contributed by atoms with Gasteiger partial charge in [0.05, 0.1) is 18.8 Å². The molecule has 168 valence electrons. The Kier molecular flexibility index (Phi) is 6.04. The average Bonchev–Trinajstić information content (AvgIpc) is 3.60. The first-order valence-electron chi connectivity index (χ1n) is 10.4. The third-order valence-electron chi connectivity index (χ3n) is 5.77. The zero-order valence-electron chi connectivity index (χ0n) is 18.1. The van der Waals surface area contributed by atoms with Crippen molar-refractivity contribution in [1.29, 1.82) is 0 Å². The highest BCUT2D eigenvalue weighted by molar-refractivity contribution is 7.88. The van der Waals surface area contributed by atoms with Crippen LogP contribution in [0, 0.1) is 0 Å². The minimum atomic E-state index is -3.23. The predicted molar refractivity (Wildman–Crippen MR) is 128 cm³/mol. The monoisotopic (exact) mass is 452 g/mol. The number of hydrogen-bond donors (Lipinski definition) is 2. The van der Waals surface area contributed by atoms with Crippen LogP contribution in [0.1, 0.15) is 25.4 Å². The Balaban J connectivity index is 0.00000306. The predicted octanol–water partition coefficient (Wildman–Crippen LogP) is 4.33. The van der Waals surface area contributed by atoms with Gasteiger partial charge >= 0.3 is 0 Å². The summed E-state index contributed by atoms with van der Waals surface area (Å²) in [5, 5.41) is 3.08. The van der Waals surface area contributed by atoms with Crippen molar-refractivity contribution in [3.05, 3.63) is 83.9 Å². The maximum atomic E-state index is 13.1. The van der Waals surface area contributed by atoms with E-state index in [1.54, 1.807) is 7.11 Å². The standard InChI is InChI=1S/C25H26N2O4S.H2/c1-31-23-12-10-21(11-13-23)25(14-15-25)24(28)27-22-5-3-4-20(16-22)19-8-6-18(7-9-19)17-26-32(2,29)30;/h3-13,16,26H,14-15,17H2,1-2H3,(H,27,28);1H. The molecule has 0 saturated heterocycles. The molecule has 3 aromatic rings. The van der Waals surface area contributed by atoms with Gasteiger partial charge in [0, 0.05) is 13.7 Å². The second-order valence-corrected chi connectivity index (χ2v) is 9.97. The van der Waals surface area contributed by atoms with Crippen molar-refractivity contribution < 1.29 is 19.4 Å². The van der Waals surface area contributed by atoms with Crippen LogP contribution in [0.4, 0.5) is 5.69 Å². The fourth-order valence-electron chi connectivity index (χ4n) is 3.74. The lowest BCUT2D eigenvalue weighted by Gasteiger charge is -2.17. The van der Waals surface area contributed by atoms with E-state index in [1.807, 2.05) is 72.8 Å². The van der Waals surface area contributed by atoms with E-state index in [0.717, 1.165) is 52.8 Å². The molecule has 6 nitrogen and oxygen atoms in total. The molecular formula is C25H28N2O4S. The quantitative estimate of drug-likeness (QED) is 0.533.